The Morgan fingerprint density at radius 3 is 2.57 bits per heavy atom. The third kappa shape index (κ3) is 6.09. The second-order valence-corrected chi connectivity index (χ2v) is 4.67. The van der Waals surface area contributed by atoms with E-state index < -0.39 is 23.8 Å². The Morgan fingerprint density at radius 1 is 1.33 bits per heavy atom. The fraction of sp³-hybridized carbons (Fsp3) is 0.214. The zero-order valence-corrected chi connectivity index (χ0v) is 11.8. The summed E-state index contributed by atoms with van der Waals surface area (Å²) in [5.74, 6) is -2.44. The molecule has 2 amide bonds. The van der Waals surface area contributed by atoms with Crippen molar-refractivity contribution in [3.8, 4) is 0 Å². The van der Waals surface area contributed by atoms with Gasteiger partial charge >= 0.3 is 5.97 Å². The van der Waals surface area contributed by atoms with Crippen LogP contribution in [0.3, 0.4) is 0 Å². The summed E-state index contributed by atoms with van der Waals surface area (Å²) in [7, 11) is 0. The lowest BCUT2D eigenvalue weighted by molar-refractivity contribution is -0.141. The largest absolute Gasteiger partial charge is 0.480 e. The third-order valence-corrected chi connectivity index (χ3v) is 2.96. The van der Waals surface area contributed by atoms with E-state index in [9.17, 15) is 14.4 Å². The fourth-order valence-electron chi connectivity index (χ4n) is 1.54. The van der Waals surface area contributed by atoms with Crippen LogP contribution >= 0.6 is 11.6 Å². The smallest absolute Gasteiger partial charge is 0.326 e. The number of carbonyl (C=O) groups excluding carboxylic acids is 2. The van der Waals surface area contributed by atoms with Crippen LogP contribution in [0.15, 0.2) is 30.3 Å². The molecule has 0 aliphatic carbocycles. The van der Waals surface area contributed by atoms with Gasteiger partial charge in [0.05, 0.1) is 0 Å². The number of aliphatic carboxylic acids is 1. The van der Waals surface area contributed by atoms with Crippen molar-refractivity contribution in [3.05, 3.63) is 40.9 Å². The first-order valence-electron chi connectivity index (χ1n) is 6.14. The zero-order valence-electron chi connectivity index (χ0n) is 11.1. The van der Waals surface area contributed by atoms with Gasteiger partial charge < -0.3 is 16.2 Å². The van der Waals surface area contributed by atoms with Crippen LogP contribution in [0.5, 0.6) is 0 Å². The molecule has 0 heterocycles. The van der Waals surface area contributed by atoms with E-state index in [-0.39, 0.29) is 12.8 Å². The normalized spacial score (nSPS) is 12.0. The molecule has 112 valence electrons. The molecule has 1 atom stereocenters. The minimum atomic E-state index is -1.23. The molecular formula is C14H15ClN2O4. The molecule has 1 unspecified atom stereocenters. The third-order valence-electron chi connectivity index (χ3n) is 2.61. The number of hydrogen-bond acceptors (Lipinski definition) is 3. The number of rotatable bonds is 7. The highest BCUT2D eigenvalue weighted by atomic mass is 35.5. The van der Waals surface area contributed by atoms with Gasteiger partial charge in [-0.25, -0.2) is 4.79 Å². The molecule has 0 saturated heterocycles. The van der Waals surface area contributed by atoms with E-state index in [1.807, 2.05) is 0 Å². The predicted octanol–water partition coefficient (Wildman–Crippen LogP) is 1.19. The van der Waals surface area contributed by atoms with Gasteiger partial charge in [-0.1, -0.05) is 29.8 Å². The van der Waals surface area contributed by atoms with Crippen LogP contribution in [0.1, 0.15) is 18.4 Å². The van der Waals surface area contributed by atoms with Gasteiger partial charge in [-0.2, -0.15) is 0 Å². The van der Waals surface area contributed by atoms with Gasteiger partial charge in [-0.3, -0.25) is 9.59 Å². The van der Waals surface area contributed by atoms with Crippen LogP contribution in [-0.4, -0.2) is 28.9 Å². The summed E-state index contributed by atoms with van der Waals surface area (Å²) in [6.07, 6.45) is 2.48. The first kappa shape index (κ1) is 16.7. The SMILES string of the molecule is NC(=O)CCC(NC(=O)/C=C/c1ccccc1Cl)C(=O)O. The molecule has 6 nitrogen and oxygen atoms in total. The number of hydrogen-bond donors (Lipinski definition) is 3. The van der Waals surface area contributed by atoms with Crippen LogP contribution in [0, 0.1) is 0 Å². The number of halogens is 1. The Hall–Kier alpha value is -2.34. The molecule has 0 bridgehead atoms. The van der Waals surface area contributed by atoms with Gasteiger partial charge in [0.1, 0.15) is 6.04 Å². The summed E-state index contributed by atoms with van der Waals surface area (Å²) in [6.45, 7) is 0. The number of carboxylic acids is 1. The van der Waals surface area contributed by atoms with Gasteiger partial charge in [0, 0.05) is 17.5 Å². The average Bonchev–Trinajstić information content (AvgIpc) is 2.42. The average molecular weight is 311 g/mol. The molecule has 0 aromatic heterocycles. The fourth-order valence-corrected chi connectivity index (χ4v) is 1.74. The quantitative estimate of drug-likeness (QED) is 0.657. The van der Waals surface area contributed by atoms with Crippen LogP contribution in [0.2, 0.25) is 5.02 Å². The van der Waals surface area contributed by atoms with Crippen molar-refractivity contribution >= 4 is 35.5 Å². The highest BCUT2D eigenvalue weighted by Gasteiger charge is 2.19. The Morgan fingerprint density at radius 2 is 2.00 bits per heavy atom. The zero-order chi connectivity index (χ0) is 15.8. The van der Waals surface area contributed by atoms with Gasteiger partial charge in [0.25, 0.3) is 0 Å². The van der Waals surface area contributed by atoms with Gasteiger partial charge in [0.15, 0.2) is 0 Å². The van der Waals surface area contributed by atoms with Crippen molar-refractivity contribution in [2.45, 2.75) is 18.9 Å². The van der Waals surface area contributed by atoms with E-state index in [0.717, 1.165) is 0 Å². The Labute approximate surface area is 126 Å². The number of benzene rings is 1. The van der Waals surface area contributed by atoms with Crippen molar-refractivity contribution in [2.75, 3.05) is 0 Å². The van der Waals surface area contributed by atoms with Gasteiger partial charge in [0.2, 0.25) is 11.8 Å². The Bertz CT molecular complexity index is 572. The molecule has 21 heavy (non-hydrogen) atoms. The van der Waals surface area contributed by atoms with Crippen molar-refractivity contribution < 1.29 is 19.5 Å². The van der Waals surface area contributed by atoms with E-state index in [1.165, 1.54) is 12.2 Å². The van der Waals surface area contributed by atoms with E-state index >= 15 is 0 Å². The molecule has 0 spiro atoms. The number of nitrogens with two attached hydrogens (primary N) is 1. The molecule has 0 radical (unpaired) electrons. The highest BCUT2D eigenvalue weighted by molar-refractivity contribution is 6.32. The lowest BCUT2D eigenvalue weighted by Crippen LogP contribution is -2.40. The summed E-state index contributed by atoms with van der Waals surface area (Å²) in [4.78, 5) is 33.3. The van der Waals surface area contributed by atoms with E-state index in [0.29, 0.717) is 10.6 Å². The molecule has 1 aromatic carbocycles. The second-order valence-electron chi connectivity index (χ2n) is 4.26. The lowest BCUT2D eigenvalue weighted by atomic mass is 10.1. The number of primary amides is 1. The van der Waals surface area contributed by atoms with Crippen LogP contribution in [0.25, 0.3) is 6.08 Å². The molecule has 7 heteroatoms. The lowest BCUT2D eigenvalue weighted by Gasteiger charge is -2.11. The summed E-state index contributed by atoms with van der Waals surface area (Å²) in [5.41, 5.74) is 5.59. The molecule has 1 aromatic rings. The second kappa shape index (κ2) is 8.06. The number of nitrogens with one attached hydrogen (secondary N) is 1. The standard InChI is InChI=1S/C14H15ClN2O4/c15-10-4-2-1-3-9(10)5-8-13(19)17-11(14(20)21)6-7-12(16)18/h1-5,8,11H,6-7H2,(H2,16,18)(H,17,19)(H,20,21)/b8-5+. The Balaban J connectivity index is 2.64. The molecule has 0 saturated carbocycles. The predicted molar refractivity (Wildman–Crippen MR) is 78.5 cm³/mol. The first-order valence-corrected chi connectivity index (χ1v) is 6.52. The summed E-state index contributed by atoms with van der Waals surface area (Å²) in [6, 6.07) is 5.74. The molecule has 0 aliphatic heterocycles. The minimum absolute atomic E-state index is 0.0592. The number of carboxylic acid groups (broad SMARTS) is 1. The van der Waals surface area contributed by atoms with Crippen LogP contribution in [-0.2, 0) is 14.4 Å². The highest BCUT2D eigenvalue weighted by Crippen LogP contribution is 2.16. The molecule has 4 N–H and O–H groups in total. The summed E-state index contributed by atoms with van der Waals surface area (Å²) < 4.78 is 0. The van der Waals surface area contributed by atoms with Crippen molar-refractivity contribution in [1.29, 1.82) is 0 Å². The van der Waals surface area contributed by atoms with Crippen molar-refractivity contribution in [1.82, 2.24) is 5.32 Å². The first-order chi connectivity index (χ1) is 9.90. The van der Waals surface area contributed by atoms with Crippen molar-refractivity contribution in [2.24, 2.45) is 5.73 Å². The molecular weight excluding hydrogens is 296 g/mol. The van der Waals surface area contributed by atoms with Crippen LogP contribution < -0.4 is 11.1 Å². The summed E-state index contributed by atoms with van der Waals surface area (Å²) in [5, 5.41) is 11.7. The van der Waals surface area contributed by atoms with E-state index in [2.05, 4.69) is 5.32 Å². The van der Waals surface area contributed by atoms with Gasteiger partial charge in [-0.05, 0) is 24.1 Å². The summed E-state index contributed by atoms with van der Waals surface area (Å²) >= 11 is 5.92. The van der Waals surface area contributed by atoms with Gasteiger partial charge in [-0.15, -0.1) is 0 Å². The topological polar surface area (TPSA) is 109 Å². The maximum Gasteiger partial charge on any atom is 0.326 e. The minimum Gasteiger partial charge on any atom is -0.480 e. The van der Waals surface area contributed by atoms with Crippen molar-refractivity contribution in [3.63, 3.8) is 0 Å². The Kier molecular flexibility index (Phi) is 6.42. The van der Waals surface area contributed by atoms with E-state index in [1.54, 1.807) is 24.3 Å². The molecule has 0 aliphatic rings. The van der Waals surface area contributed by atoms with E-state index in [4.69, 9.17) is 22.4 Å². The van der Waals surface area contributed by atoms with Crippen LogP contribution in [0.4, 0.5) is 0 Å². The molecule has 0 fully saturated rings. The monoisotopic (exact) mass is 310 g/mol. The number of amides is 2. The maximum absolute atomic E-state index is 11.7. The maximum atomic E-state index is 11.7. The number of carbonyl (C=O) groups is 3. The molecule has 1 rings (SSSR count).